The van der Waals surface area contributed by atoms with E-state index in [2.05, 4.69) is 24.3 Å². The molecule has 2 aromatic rings. The Kier molecular flexibility index (Phi) is 10.4. The van der Waals surface area contributed by atoms with Crippen molar-refractivity contribution in [2.45, 2.75) is 18.9 Å². The number of aliphatic carboxylic acids is 2. The maximum Gasteiger partial charge on any atom is 0.414 e. The first-order valence-electron chi connectivity index (χ1n) is 8.93. The number of carbonyl (C=O) groups excluding carboxylic acids is 1. The minimum Gasteiger partial charge on any atom is -0.473 e. The predicted molar refractivity (Wildman–Crippen MR) is 111 cm³/mol. The Morgan fingerprint density at radius 3 is 2.00 bits per heavy atom. The van der Waals surface area contributed by atoms with Crippen molar-refractivity contribution in [1.29, 1.82) is 0 Å². The van der Waals surface area contributed by atoms with Crippen LogP contribution in [0.4, 0.5) is 0 Å². The SMILES string of the molecule is CN(C)CCCC(NC(=O)c1ccccc1)c1ccc(Cl)cc1.O=C(O)C(=O)O. The normalized spacial score (nSPS) is 11.2. The van der Waals surface area contributed by atoms with Gasteiger partial charge in [-0.15, -0.1) is 0 Å². The average molecular weight is 421 g/mol. The summed E-state index contributed by atoms with van der Waals surface area (Å²) >= 11 is 5.97. The monoisotopic (exact) mass is 420 g/mol. The van der Waals surface area contributed by atoms with Crippen LogP contribution in [0.3, 0.4) is 0 Å². The minimum absolute atomic E-state index is 0.0140. The number of carboxylic acid groups (broad SMARTS) is 2. The molecule has 29 heavy (non-hydrogen) atoms. The van der Waals surface area contributed by atoms with Gasteiger partial charge in [0.25, 0.3) is 5.91 Å². The summed E-state index contributed by atoms with van der Waals surface area (Å²) in [4.78, 5) is 32.8. The molecule has 2 aromatic carbocycles. The van der Waals surface area contributed by atoms with E-state index in [0.29, 0.717) is 10.6 Å². The van der Waals surface area contributed by atoms with E-state index in [-0.39, 0.29) is 11.9 Å². The topological polar surface area (TPSA) is 107 Å². The van der Waals surface area contributed by atoms with Crippen LogP contribution in [0.1, 0.15) is 34.8 Å². The largest absolute Gasteiger partial charge is 0.473 e. The number of carboxylic acids is 2. The maximum absolute atomic E-state index is 12.4. The molecule has 0 aliphatic rings. The molecule has 8 heteroatoms. The summed E-state index contributed by atoms with van der Waals surface area (Å²) < 4.78 is 0. The van der Waals surface area contributed by atoms with E-state index in [4.69, 9.17) is 31.4 Å². The van der Waals surface area contributed by atoms with Gasteiger partial charge in [-0.3, -0.25) is 4.79 Å². The first-order valence-corrected chi connectivity index (χ1v) is 9.30. The summed E-state index contributed by atoms with van der Waals surface area (Å²) in [6.45, 7) is 0.991. The van der Waals surface area contributed by atoms with Gasteiger partial charge in [0.05, 0.1) is 6.04 Å². The summed E-state index contributed by atoms with van der Waals surface area (Å²) in [7, 11) is 4.11. The second-order valence-electron chi connectivity index (χ2n) is 6.50. The van der Waals surface area contributed by atoms with E-state index in [0.717, 1.165) is 24.9 Å². The van der Waals surface area contributed by atoms with Crippen molar-refractivity contribution in [3.05, 3.63) is 70.7 Å². The third kappa shape index (κ3) is 9.73. The molecule has 0 saturated carbocycles. The van der Waals surface area contributed by atoms with E-state index in [1.807, 2.05) is 54.6 Å². The smallest absolute Gasteiger partial charge is 0.414 e. The molecule has 0 aliphatic heterocycles. The van der Waals surface area contributed by atoms with Crippen LogP contribution in [0, 0.1) is 0 Å². The van der Waals surface area contributed by atoms with Crippen molar-refractivity contribution >= 4 is 29.4 Å². The molecule has 7 nitrogen and oxygen atoms in total. The number of rotatable bonds is 7. The Morgan fingerprint density at radius 1 is 0.966 bits per heavy atom. The molecule has 0 aliphatic carbocycles. The Balaban J connectivity index is 0.000000612. The lowest BCUT2D eigenvalue weighted by molar-refractivity contribution is -0.159. The molecule has 2 rings (SSSR count). The Hall–Kier alpha value is -2.90. The summed E-state index contributed by atoms with van der Waals surface area (Å²) in [5.41, 5.74) is 1.76. The van der Waals surface area contributed by atoms with Crippen LogP contribution >= 0.6 is 11.6 Å². The Bertz CT molecular complexity index is 782. The van der Waals surface area contributed by atoms with E-state index in [9.17, 15) is 4.79 Å². The van der Waals surface area contributed by atoms with Crippen molar-refractivity contribution in [3.63, 3.8) is 0 Å². The highest BCUT2D eigenvalue weighted by Crippen LogP contribution is 2.21. The molecule has 0 fully saturated rings. The van der Waals surface area contributed by atoms with Crippen molar-refractivity contribution in [2.75, 3.05) is 20.6 Å². The van der Waals surface area contributed by atoms with Gasteiger partial charge in [-0.05, 0) is 63.3 Å². The van der Waals surface area contributed by atoms with Gasteiger partial charge < -0.3 is 20.4 Å². The highest BCUT2D eigenvalue weighted by atomic mass is 35.5. The summed E-state index contributed by atoms with van der Waals surface area (Å²) in [6.07, 6.45) is 1.90. The number of carbonyl (C=O) groups is 3. The van der Waals surface area contributed by atoms with Crippen LogP contribution in [0.25, 0.3) is 0 Å². The van der Waals surface area contributed by atoms with E-state index in [1.54, 1.807) is 0 Å². The van der Waals surface area contributed by atoms with Crippen molar-refractivity contribution < 1.29 is 24.6 Å². The average Bonchev–Trinajstić information content (AvgIpc) is 2.68. The van der Waals surface area contributed by atoms with E-state index >= 15 is 0 Å². The number of hydrogen-bond donors (Lipinski definition) is 3. The number of halogens is 1. The molecular weight excluding hydrogens is 396 g/mol. The maximum atomic E-state index is 12.4. The van der Waals surface area contributed by atoms with Gasteiger partial charge in [-0.1, -0.05) is 41.9 Å². The van der Waals surface area contributed by atoms with E-state index in [1.165, 1.54) is 0 Å². The second kappa shape index (κ2) is 12.5. The minimum atomic E-state index is -1.82. The number of amides is 1. The second-order valence-corrected chi connectivity index (χ2v) is 6.94. The van der Waals surface area contributed by atoms with Gasteiger partial charge in [0.2, 0.25) is 0 Å². The molecule has 0 aromatic heterocycles. The van der Waals surface area contributed by atoms with Gasteiger partial charge in [-0.2, -0.15) is 0 Å². The van der Waals surface area contributed by atoms with Crippen LogP contribution in [0.2, 0.25) is 5.02 Å². The fraction of sp³-hybridized carbons (Fsp3) is 0.286. The molecule has 1 atom stereocenters. The number of benzene rings is 2. The molecule has 156 valence electrons. The molecule has 1 amide bonds. The Labute approximate surface area is 174 Å². The fourth-order valence-electron chi connectivity index (χ4n) is 2.46. The molecule has 1 unspecified atom stereocenters. The summed E-state index contributed by atoms with van der Waals surface area (Å²) in [5, 5.41) is 18.6. The number of nitrogens with one attached hydrogen (secondary N) is 1. The zero-order valence-electron chi connectivity index (χ0n) is 16.3. The number of nitrogens with zero attached hydrogens (tertiary/aromatic N) is 1. The predicted octanol–water partition coefficient (Wildman–Crippen LogP) is 3.31. The Morgan fingerprint density at radius 2 is 1.52 bits per heavy atom. The molecule has 0 heterocycles. The molecule has 3 N–H and O–H groups in total. The van der Waals surface area contributed by atoms with Gasteiger partial charge in [-0.25, -0.2) is 9.59 Å². The molecule has 0 bridgehead atoms. The van der Waals surface area contributed by atoms with Crippen molar-refractivity contribution in [2.24, 2.45) is 0 Å². The fourth-order valence-corrected chi connectivity index (χ4v) is 2.59. The van der Waals surface area contributed by atoms with Gasteiger partial charge in [0, 0.05) is 10.6 Å². The third-order valence-electron chi connectivity index (χ3n) is 3.89. The highest BCUT2D eigenvalue weighted by molar-refractivity contribution is 6.30. The highest BCUT2D eigenvalue weighted by Gasteiger charge is 2.15. The van der Waals surface area contributed by atoms with Crippen molar-refractivity contribution in [3.8, 4) is 0 Å². The van der Waals surface area contributed by atoms with Gasteiger partial charge in [0.15, 0.2) is 0 Å². The van der Waals surface area contributed by atoms with Gasteiger partial charge in [0.1, 0.15) is 0 Å². The first kappa shape index (κ1) is 24.1. The van der Waals surface area contributed by atoms with Gasteiger partial charge >= 0.3 is 11.9 Å². The van der Waals surface area contributed by atoms with Crippen LogP contribution in [0.5, 0.6) is 0 Å². The standard InChI is InChI=1S/C19H23ClN2O.C2H2O4/c1-22(2)14-6-9-18(15-10-12-17(20)13-11-15)21-19(23)16-7-4-3-5-8-16;3-1(4)2(5)6/h3-5,7-8,10-13,18H,6,9,14H2,1-2H3,(H,21,23);(H,3,4)(H,5,6). The molecule has 0 radical (unpaired) electrons. The zero-order chi connectivity index (χ0) is 21.8. The molecular formula is C21H25ClN2O5. The first-order chi connectivity index (χ1) is 13.7. The van der Waals surface area contributed by atoms with Crippen LogP contribution in [-0.2, 0) is 9.59 Å². The zero-order valence-corrected chi connectivity index (χ0v) is 17.1. The lowest BCUT2D eigenvalue weighted by Gasteiger charge is -2.20. The lowest BCUT2D eigenvalue weighted by atomic mass is 10.0. The lowest BCUT2D eigenvalue weighted by Crippen LogP contribution is -2.29. The summed E-state index contributed by atoms with van der Waals surface area (Å²) in [5.74, 6) is -3.69. The quantitative estimate of drug-likeness (QED) is 0.593. The number of hydrogen-bond acceptors (Lipinski definition) is 4. The van der Waals surface area contributed by atoms with Crippen molar-refractivity contribution in [1.82, 2.24) is 10.2 Å². The molecule has 0 saturated heterocycles. The molecule has 0 spiro atoms. The van der Waals surface area contributed by atoms with Crippen LogP contribution in [0.15, 0.2) is 54.6 Å². The summed E-state index contributed by atoms with van der Waals surface area (Å²) in [6, 6.07) is 17.0. The van der Waals surface area contributed by atoms with Crippen LogP contribution < -0.4 is 5.32 Å². The third-order valence-corrected chi connectivity index (χ3v) is 4.15. The van der Waals surface area contributed by atoms with Crippen LogP contribution in [-0.4, -0.2) is 53.6 Å². The van der Waals surface area contributed by atoms with E-state index < -0.39 is 11.9 Å².